The number of aromatic nitrogens is 1. The van der Waals surface area contributed by atoms with E-state index in [2.05, 4.69) is 10.3 Å². The predicted octanol–water partition coefficient (Wildman–Crippen LogP) is 6.69. The van der Waals surface area contributed by atoms with E-state index < -0.39 is 0 Å². The molecule has 0 radical (unpaired) electrons. The molecule has 0 unspecified atom stereocenters. The van der Waals surface area contributed by atoms with E-state index in [-0.39, 0.29) is 11.7 Å². The highest BCUT2D eigenvalue weighted by atomic mass is 35.5. The lowest BCUT2D eigenvalue weighted by Gasteiger charge is -2.09. The van der Waals surface area contributed by atoms with Crippen LogP contribution in [-0.2, 0) is 0 Å². The van der Waals surface area contributed by atoms with Crippen LogP contribution in [0.15, 0.2) is 83.3 Å². The summed E-state index contributed by atoms with van der Waals surface area (Å²) in [4.78, 5) is 17.4. The number of hydrogen-bond donors (Lipinski definition) is 1. The lowest BCUT2D eigenvalue weighted by Crippen LogP contribution is -2.12. The average molecular weight is 417 g/mol. The molecule has 146 valence electrons. The Balaban J connectivity index is 1.46. The van der Waals surface area contributed by atoms with Gasteiger partial charge in [-0.15, -0.1) is 0 Å². The van der Waals surface area contributed by atoms with Crippen LogP contribution in [0.25, 0.3) is 33.3 Å². The van der Waals surface area contributed by atoms with Gasteiger partial charge in [0.25, 0.3) is 5.91 Å². The number of rotatable bonds is 3. The second-order valence-electron chi connectivity index (χ2n) is 6.80. The van der Waals surface area contributed by atoms with Gasteiger partial charge in [0.05, 0.1) is 0 Å². The molecule has 0 saturated heterocycles. The fourth-order valence-corrected chi connectivity index (χ4v) is 3.63. The molecule has 0 bridgehead atoms. The minimum absolute atomic E-state index is 0.246. The summed E-state index contributed by atoms with van der Waals surface area (Å²) < 4.78 is 18.9. The second kappa shape index (κ2) is 7.28. The molecule has 1 aromatic heterocycles. The van der Waals surface area contributed by atoms with Gasteiger partial charge in [-0.05, 0) is 60.0 Å². The first-order valence-corrected chi connectivity index (χ1v) is 9.61. The van der Waals surface area contributed by atoms with Crippen LogP contribution < -0.4 is 5.32 Å². The molecule has 4 aromatic carbocycles. The summed E-state index contributed by atoms with van der Waals surface area (Å²) in [5, 5.41) is 5.11. The van der Waals surface area contributed by atoms with Crippen molar-refractivity contribution in [2.45, 2.75) is 0 Å². The van der Waals surface area contributed by atoms with Gasteiger partial charge in [-0.2, -0.15) is 0 Å². The van der Waals surface area contributed by atoms with Crippen LogP contribution in [0.5, 0.6) is 0 Å². The van der Waals surface area contributed by atoms with Gasteiger partial charge in [0.1, 0.15) is 11.3 Å². The first-order chi connectivity index (χ1) is 14.6. The van der Waals surface area contributed by atoms with Crippen molar-refractivity contribution in [1.29, 1.82) is 0 Å². The van der Waals surface area contributed by atoms with E-state index in [0.29, 0.717) is 38.8 Å². The van der Waals surface area contributed by atoms with Crippen LogP contribution >= 0.6 is 11.6 Å². The molecule has 1 heterocycles. The predicted molar refractivity (Wildman–Crippen MR) is 116 cm³/mol. The number of benzene rings is 4. The molecule has 0 saturated carbocycles. The molecular formula is C24H14ClFN2O2. The van der Waals surface area contributed by atoms with Crippen molar-refractivity contribution in [1.82, 2.24) is 4.98 Å². The Hall–Kier alpha value is -3.70. The van der Waals surface area contributed by atoms with Crippen molar-refractivity contribution in [2.24, 2.45) is 0 Å². The highest BCUT2D eigenvalue weighted by Crippen LogP contribution is 2.28. The van der Waals surface area contributed by atoms with Gasteiger partial charge >= 0.3 is 0 Å². The summed E-state index contributed by atoms with van der Waals surface area (Å²) >= 11 is 6.25. The zero-order chi connectivity index (χ0) is 20.7. The number of halogens is 2. The van der Waals surface area contributed by atoms with Crippen LogP contribution in [0.4, 0.5) is 10.1 Å². The Bertz CT molecular complexity index is 1410. The number of amides is 1. The Morgan fingerprint density at radius 1 is 0.933 bits per heavy atom. The van der Waals surface area contributed by atoms with E-state index in [1.807, 2.05) is 18.2 Å². The third-order valence-electron chi connectivity index (χ3n) is 4.85. The Kier molecular flexibility index (Phi) is 4.45. The third kappa shape index (κ3) is 3.29. The first-order valence-electron chi connectivity index (χ1n) is 9.23. The van der Waals surface area contributed by atoms with Gasteiger partial charge in [-0.3, -0.25) is 4.79 Å². The van der Waals surface area contributed by atoms with Crippen molar-refractivity contribution in [3.63, 3.8) is 0 Å². The van der Waals surface area contributed by atoms with Crippen LogP contribution in [0, 0.1) is 5.82 Å². The molecule has 1 N–H and O–H groups in total. The molecular weight excluding hydrogens is 403 g/mol. The van der Waals surface area contributed by atoms with E-state index in [0.717, 1.165) is 10.8 Å². The molecule has 5 aromatic rings. The zero-order valence-electron chi connectivity index (χ0n) is 15.5. The molecule has 0 aliphatic carbocycles. The van der Waals surface area contributed by atoms with Gasteiger partial charge in [0.15, 0.2) is 5.58 Å². The van der Waals surface area contributed by atoms with Crippen molar-refractivity contribution < 1.29 is 13.6 Å². The lowest BCUT2D eigenvalue weighted by molar-refractivity contribution is 0.102. The number of carbonyl (C=O) groups excluding carboxylic acids is 1. The highest BCUT2D eigenvalue weighted by molar-refractivity contribution is 6.36. The standard InChI is InChI=1S/C24H14ClFN2O2/c25-20-6-2-3-17-18(20)4-1-5-19(17)23(29)27-16-11-12-22-21(13-16)28-24(30-22)14-7-9-15(26)10-8-14/h1-13H,(H,27,29). The van der Waals surface area contributed by atoms with Crippen molar-refractivity contribution in [2.75, 3.05) is 5.32 Å². The van der Waals surface area contributed by atoms with E-state index >= 15 is 0 Å². The number of nitrogens with zero attached hydrogens (tertiary/aromatic N) is 1. The van der Waals surface area contributed by atoms with E-state index in [4.69, 9.17) is 16.0 Å². The van der Waals surface area contributed by atoms with Crippen LogP contribution in [0.2, 0.25) is 5.02 Å². The maximum absolute atomic E-state index is 13.1. The SMILES string of the molecule is O=C(Nc1ccc2oc(-c3ccc(F)cc3)nc2c1)c1cccc2c(Cl)cccc12. The van der Waals surface area contributed by atoms with E-state index in [1.165, 1.54) is 12.1 Å². The molecule has 0 fully saturated rings. The topological polar surface area (TPSA) is 55.1 Å². The van der Waals surface area contributed by atoms with Crippen molar-refractivity contribution in [3.05, 3.63) is 95.3 Å². The Morgan fingerprint density at radius 3 is 2.53 bits per heavy atom. The summed E-state index contributed by atoms with van der Waals surface area (Å²) in [7, 11) is 0. The lowest BCUT2D eigenvalue weighted by atomic mass is 10.0. The molecule has 30 heavy (non-hydrogen) atoms. The number of nitrogens with one attached hydrogen (secondary N) is 1. The van der Waals surface area contributed by atoms with Crippen LogP contribution in [0.3, 0.4) is 0 Å². The Labute approximate surface area is 175 Å². The summed E-state index contributed by atoms with van der Waals surface area (Å²) in [5.74, 6) is -0.184. The quantitative estimate of drug-likeness (QED) is 0.356. The number of anilines is 1. The van der Waals surface area contributed by atoms with Crippen LogP contribution in [0.1, 0.15) is 10.4 Å². The van der Waals surface area contributed by atoms with Gasteiger partial charge in [0, 0.05) is 27.2 Å². The van der Waals surface area contributed by atoms with E-state index in [1.54, 1.807) is 48.5 Å². The van der Waals surface area contributed by atoms with Crippen molar-refractivity contribution >= 4 is 45.1 Å². The first kappa shape index (κ1) is 18.3. The Morgan fingerprint density at radius 2 is 1.70 bits per heavy atom. The van der Waals surface area contributed by atoms with Gasteiger partial charge < -0.3 is 9.73 Å². The molecule has 0 aliphatic rings. The monoisotopic (exact) mass is 416 g/mol. The summed E-state index contributed by atoms with van der Waals surface area (Å²) in [6.07, 6.45) is 0. The van der Waals surface area contributed by atoms with Gasteiger partial charge in [-0.1, -0.05) is 35.9 Å². The molecule has 0 atom stereocenters. The number of carbonyl (C=O) groups is 1. The molecule has 5 rings (SSSR count). The second-order valence-corrected chi connectivity index (χ2v) is 7.21. The minimum Gasteiger partial charge on any atom is -0.436 e. The maximum Gasteiger partial charge on any atom is 0.256 e. The van der Waals surface area contributed by atoms with E-state index in [9.17, 15) is 9.18 Å². The molecule has 4 nitrogen and oxygen atoms in total. The smallest absolute Gasteiger partial charge is 0.256 e. The summed E-state index contributed by atoms with van der Waals surface area (Å²) in [5.41, 5.74) is 2.95. The highest BCUT2D eigenvalue weighted by Gasteiger charge is 2.13. The largest absolute Gasteiger partial charge is 0.436 e. The number of fused-ring (bicyclic) bond motifs is 2. The average Bonchev–Trinajstić information content (AvgIpc) is 3.17. The van der Waals surface area contributed by atoms with Crippen molar-refractivity contribution in [3.8, 4) is 11.5 Å². The molecule has 0 aliphatic heterocycles. The van der Waals surface area contributed by atoms with Gasteiger partial charge in [0.2, 0.25) is 5.89 Å². The normalized spacial score (nSPS) is 11.1. The third-order valence-corrected chi connectivity index (χ3v) is 5.18. The molecule has 1 amide bonds. The zero-order valence-corrected chi connectivity index (χ0v) is 16.3. The summed E-state index contributed by atoms with van der Waals surface area (Å²) in [6, 6.07) is 22.1. The van der Waals surface area contributed by atoms with Crippen LogP contribution in [-0.4, -0.2) is 10.9 Å². The minimum atomic E-state index is -0.324. The maximum atomic E-state index is 13.1. The molecule has 6 heteroatoms. The number of oxazole rings is 1. The fraction of sp³-hybridized carbons (Fsp3) is 0. The fourth-order valence-electron chi connectivity index (χ4n) is 3.39. The molecule has 0 spiro atoms. The summed E-state index contributed by atoms with van der Waals surface area (Å²) in [6.45, 7) is 0. The van der Waals surface area contributed by atoms with Gasteiger partial charge in [-0.25, -0.2) is 9.37 Å². The number of hydrogen-bond acceptors (Lipinski definition) is 3.